The minimum absolute atomic E-state index is 0.601. The second kappa shape index (κ2) is 3.31. The summed E-state index contributed by atoms with van der Waals surface area (Å²) in [5.74, 6) is 0.601. The molecular formula is C13H14N2. The van der Waals surface area contributed by atoms with Crippen molar-refractivity contribution in [3.8, 4) is 0 Å². The van der Waals surface area contributed by atoms with Crippen molar-refractivity contribution in [3.05, 3.63) is 41.6 Å². The molecule has 0 amide bonds. The predicted octanol–water partition coefficient (Wildman–Crippen LogP) is 1.91. The number of aromatic nitrogens is 1. The fourth-order valence-corrected chi connectivity index (χ4v) is 2.38. The Hall–Kier alpha value is -1.41. The summed E-state index contributed by atoms with van der Waals surface area (Å²) in [7, 11) is 0. The molecule has 15 heavy (non-hydrogen) atoms. The molecule has 1 aliphatic carbocycles. The Morgan fingerprint density at radius 1 is 1.27 bits per heavy atom. The van der Waals surface area contributed by atoms with Crippen molar-refractivity contribution in [1.82, 2.24) is 4.98 Å². The highest BCUT2D eigenvalue weighted by Gasteiger charge is 2.21. The van der Waals surface area contributed by atoms with Gasteiger partial charge in [-0.15, -0.1) is 0 Å². The van der Waals surface area contributed by atoms with Crippen LogP contribution in [0.4, 0.5) is 0 Å². The molecule has 0 unspecified atom stereocenters. The summed E-state index contributed by atoms with van der Waals surface area (Å²) >= 11 is 0. The number of rotatable bonds is 1. The van der Waals surface area contributed by atoms with Gasteiger partial charge >= 0.3 is 0 Å². The van der Waals surface area contributed by atoms with Gasteiger partial charge in [0, 0.05) is 11.1 Å². The smallest absolute Gasteiger partial charge is 0.0705 e. The zero-order valence-electron chi connectivity index (χ0n) is 8.61. The van der Waals surface area contributed by atoms with Gasteiger partial charge in [0.25, 0.3) is 0 Å². The summed E-state index contributed by atoms with van der Waals surface area (Å²) in [5, 5.41) is 1.24. The van der Waals surface area contributed by atoms with Gasteiger partial charge in [-0.25, -0.2) is 0 Å². The molecule has 0 bridgehead atoms. The fourth-order valence-electron chi connectivity index (χ4n) is 2.38. The number of hydrogen-bond donors (Lipinski definition) is 1. The summed E-state index contributed by atoms with van der Waals surface area (Å²) in [6.45, 7) is 0.771. The van der Waals surface area contributed by atoms with Crippen LogP contribution in [0.15, 0.2) is 30.3 Å². The van der Waals surface area contributed by atoms with Crippen molar-refractivity contribution in [3.63, 3.8) is 0 Å². The first kappa shape index (κ1) is 8.86. The molecule has 0 radical (unpaired) electrons. The van der Waals surface area contributed by atoms with E-state index in [0.29, 0.717) is 5.92 Å². The quantitative estimate of drug-likeness (QED) is 0.760. The van der Waals surface area contributed by atoms with Crippen molar-refractivity contribution in [2.45, 2.75) is 12.8 Å². The molecule has 0 aliphatic heterocycles. The lowest BCUT2D eigenvalue weighted by atomic mass is 10.1. The summed E-state index contributed by atoms with van der Waals surface area (Å²) in [4.78, 5) is 4.70. The lowest BCUT2D eigenvalue weighted by molar-refractivity contribution is 0.572. The van der Waals surface area contributed by atoms with E-state index in [0.717, 1.165) is 24.9 Å². The van der Waals surface area contributed by atoms with Crippen molar-refractivity contribution in [2.24, 2.45) is 11.7 Å². The van der Waals surface area contributed by atoms with Gasteiger partial charge in [0.2, 0.25) is 0 Å². The summed E-state index contributed by atoms with van der Waals surface area (Å²) < 4.78 is 0. The van der Waals surface area contributed by atoms with Gasteiger partial charge < -0.3 is 5.73 Å². The van der Waals surface area contributed by atoms with Gasteiger partial charge in [-0.3, -0.25) is 4.98 Å². The van der Waals surface area contributed by atoms with E-state index in [1.54, 1.807) is 0 Å². The van der Waals surface area contributed by atoms with E-state index in [1.165, 1.54) is 16.6 Å². The van der Waals surface area contributed by atoms with E-state index in [1.807, 2.05) is 6.07 Å². The molecule has 1 heterocycles. The lowest BCUT2D eigenvalue weighted by Gasteiger charge is -2.01. The Bertz CT molecular complexity index is 460. The molecule has 2 aromatic rings. The van der Waals surface area contributed by atoms with E-state index in [-0.39, 0.29) is 0 Å². The fraction of sp³-hybridized carbons (Fsp3) is 0.308. The second-order valence-corrected chi connectivity index (χ2v) is 4.30. The molecule has 0 saturated heterocycles. The molecule has 1 aromatic heterocycles. The zero-order chi connectivity index (χ0) is 10.3. The van der Waals surface area contributed by atoms with Crippen LogP contribution in [0.2, 0.25) is 0 Å². The van der Waals surface area contributed by atoms with Gasteiger partial charge in [0.15, 0.2) is 0 Å². The molecule has 1 atom stereocenters. The van der Waals surface area contributed by atoms with Crippen LogP contribution in [-0.4, -0.2) is 11.5 Å². The summed E-state index contributed by atoms with van der Waals surface area (Å²) in [5.41, 5.74) is 9.46. The van der Waals surface area contributed by atoms with Gasteiger partial charge in [-0.05, 0) is 43.0 Å². The van der Waals surface area contributed by atoms with E-state index in [2.05, 4.69) is 24.3 Å². The van der Waals surface area contributed by atoms with Crippen molar-refractivity contribution in [2.75, 3.05) is 6.54 Å². The topological polar surface area (TPSA) is 38.9 Å². The zero-order valence-corrected chi connectivity index (χ0v) is 8.61. The summed E-state index contributed by atoms with van der Waals surface area (Å²) in [6, 6.07) is 10.6. The number of fused-ring (bicyclic) bond motifs is 2. The van der Waals surface area contributed by atoms with E-state index >= 15 is 0 Å². The SMILES string of the molecule is NC[C@H]1Cc2cc3ccccc3nc2C1. The number of benzene rings is 1. The van der Waals surface area contributed by atoms with Gasteiger partial charge in [0.1, 0.15) is 0 Å². The molecule has 0 saturated carbocycles. The van der Waals surface area contributed by atoms with Crippen LogP contribution in [0.3, 0.4) is 0 Å². The normalized spacial score (nSPS) is 19.4. The van der Waals surface area contributed by atoms with Crippen LogP contribution in [0, 0.1) is 5.92 Å². The Labute approximate surface area is 89.1 Å². The first-order chi connectivity index (χ1) is 7.36. The number of hydrogen-bond acceptors (Lipinski definition) is 2. The third kappa shape index (κ3) is 1.41. The highest BCUT2D eigenvalue weighted by atomic mass is 14.7. The molecule has 1 aliphatic rings. The van der Waals surface area contributed by atoms with Crippen LogP contribution < -0.4 is 5.73 Å². The standard InChI is InChI=1S/C13H14N2/c14-8-9-5-11-7-10-3-1-2-4-12(10)15-13(11)6-9/h1-4,7,9H,5-6,8,14H2/t9-/m0/s1. The van der Waals surface area contributed by atoms with E-state index in [9.17, 15) is 0 Å². The highest BCUT2D eigenvalue weighted by Crippen LogP contribution is 2.27. The Morgan fingerprint density at radius 3 is 3.00 bits per heavy atom. The van der Waals surface area contributed by atoms with Gasteiger partial charge in [-0.2, -0.15) is 0 Å². The van der Waals surface area contributed by atoms with E-state index in [4.69, 9.17) is 10.7 Å². The molecule has 0 spiro atoms. The number of pyridine rings is 1. The maximum absolute atomic E-state index is 5.71. The van der Waals surface area contributed by atoms with Gasteiger partial charge in [0.05, 0.1) is 5.52 Å². The average molecular weight is 198 g/mol. The molecule has 2 heteroatoms. The first-order valence-electron chi connectivity index (χ1n) is 5.44. The van der Waals surface area contributed by atoms with Crippen molar-refractivity contribution >= 4 is 10.9 Å². The molecule has 0 fully saturated rings. The lowest BCUT2D eigenvalue weighted by Crippen LogP contribution is -2.13. The predicted molar refractivity (Wildman–Crippen MR) is 61.7 cm³/mol. The Balaban J connectivity index is 2.14. The minimum atomic E-state index is 0.601. The molecule has 2 nitrogen and oxygen atoms in total. The monoisotopic (exact) mass is 198 g/mol. The molecule has 3 rings (SSSR count). The number of nitrogens with zero attached hydrogens (tertiary/aromatic N) is 1. The van der Waals surface area contributed by atoms with Crippen LogP contribution in [-0.2, 0) is 12.8 Å². The number of para-hydroxylation sites is 1. The number of nitrogens with two attached hydrogens (primary N) is 1. The molecule has 2 N–H and O–H groups in total. The van der Waals surface area contributed by atoms with Crippen LogP contribution >= 0.6 is 0 Å². The highest BCUT2D eigenvalue weighted by molar-refractivity contribution is 5.79. The van der Waals surface area contributed by atoms with Crippen LogP contribution in [0.25, 0.3) is 10.9 Å². The van der Waals surface area contributed by atoms with Crippen LogP contribution in [0.1, 0.15) is 11.3 Å². The van der Waals surface area contributed by atoms with Crippen molar-refractivity contribution in [1.29, 1.82) is 0 Å². The largest absolute Gasteiger partial charge is 0.330 e. The van der Waals surface area contributed by atoms with Crippen molar-refractivity contribution < 1.29 is 0 Å². The Kier molecular flexibility index (Phi) is 1.96. The average Bonchev–Trinajstić information content (AvgIpc) is 2.67. The first-order valence-corrected chi connectivity index (χ1v) is 5.44. The third-order valence-corrected chi connectivity index (χ3v) is 3.22. The van der Waals surface area contributed by atoms with Crippen LogP contribution in [0.5, 0.6) is 0 Å². The molecular weight excluding hydrogens is 184 g/mol. The maximum atomic E-state index is 5.71. The second-order valence-electron chi connectivity index (χ2n) is 4.30. The molecule has 1 aromatic carbocycles. The summed E-state index contributed by atoms with van der Waals surface area (Å²) in [6.07, 6.45) is 2.15. The molecule has 76 valence electrons. The third-order valence-electron chi connectivity index (χ3n) is 3.22. The van der Waals surface area contributed by atoms with Gasteiger partial charge in [-0.1, -0.05) is 18.2 Å². The minimum Gasteiger partial charge on any atom is -0.330 e. The Morgan fingerprint density at radius 2 is 2.13 bits per heavy atom. The maximum Gasteiger partial charge on any atom is 0.0705 e. The van der Waals surface area contributed by atoms with E-state index < -0.39 is 0 Å².